The van der Waals surface area contributed by atoms with Crippen LogP contribution in [0.3, 0.4) is 0 Å². The number of piperidine rings is 1. The largest absolute Gasteiger partial charge is 0.444 e. The molecule has 1 aromatic rings. The molecule has 2 bridgehead atoms. The Kier molecular flexibility index (Phi) is 7.53. The summed E-state index contributed by atoms with van der Waals surface area (Å²) >= 11 is 0. The summed E-state index contributed by atoms with van der Waals surface area (Å²) in [7, 11) is 0. The number of guanidine groups is 1. The van der Waals surface area contributed by atoms with Crippen molar-refractivity contribution in [2.75, 3.05) is 13.1 Å². The molecule has 0 radical (unpaired) electrons. The van der Waals surface area contributed by atoms with Crippen molar-refractivity contribution >= 4 is 24.2 Å². The molecular weight excluding hydrogens is 462 g/mol. The molecule has 1 aromatic heterocycles. The average molecular weight is 496 g/mol. The molecule has 194 valence electrons. The molecule has 2 saturated heterocycles. The van der Waals surface area contributed by atoms with Crippen LogP contribution in [-0.2, 0) is 15.9 Å². The lowest BCUT2D eigenvalue weighted by molar-refractivity contribution is -0.0584. The number of fused-ring (bicyclic) bond motifs is 2. The fourth-order valence-corrected chi connectivity index (χ4v) is 3.58. The molecule has 2 aliphatic heterocycles. The summed E-state index contributed by atoms with van der Waals surface area (Å²) in [5.74, 6) is 0.398. The maximum absolute atomic E-state index is 12.2. The van der Waals surface area contributed by atoms with E-state index in [0.717, 1.165) is 5.06 Å². The quantitative estimate of drug-likeness (QED) is 0.322. The van der Waals surface area contributed by atoms with E-state index in [1.807, 2.05) is 0 Å². The highest BCUT2D eigenvalue weighted by Crippen LogP contribution is 2.36. The molecule has 14 heteroatoms. The number of aromatic nitrogens is 2. The normalized spacial score (nSPS) is 19.9. The average Bonchev–Trinajstić information content (AvgIpc) is 3.25. The van der Waals surface area contributed by atoms with Gasteiger partial charge in [0.05, 0.1) is 12.6 Å². The number of nitrogens with one attached hydrogen (secondary N) is 2. The molecule has 0 saturated carbocycles. The summed E-state index contributed by atoms with van der Waals surface area (Å²) in [6.07, 6.45) is -0.163. The molecule has 2 atom stereocenters. The Morgan fingerprint density at radius 3 is 2.26 bits per heavy atom. The molecule has 35 heavy (non-hydrogen) atoms. The van der Waals surface area contributed by atoms with E-state index in [-0.39, 0.29) is 36.7 Å². The van der Waals surface area contributed by atoms with Gasteiger partial charge in [-0.3, -0.25) is 20.8 Å². The maximum atomic E-state index is 12.2. The van der Waals surface area contributed by atoms with E-state index in [0.29, 0.717) is 19.4 Å². The third kappa shape index (κ3) is 7.28. The predicted molar refractivity (Wildman–Crippen MR) is 121 cm³/mol. The second kappa shape index (κ2) is 10.1. The van der Waals surface area contributed by atoms with Gasteiger partial charge in [0, 0.05) is 13.0 Å². The molecular formula is C21H33N7O7. The zero-order chi connectivity index (χ0) is 26.0. The van der Waals surface area contributed by atoms with Crippen LogP contribution >= 0.6 is 0 Å². The number of urea groups is 1. The van der Waals surface area contributed by atoms with Crippen LogP contribution < -0.4 is 10.6 Å². The van der Waals surface area contributed by atoms with Gasteiger partial charge < -0.3 is 18.8 Å². The summed E-state index contributed by atoms with van der Waals surface area (Å²) in [4.78, 5) is 42.2. The van der Waals surface area contributed by atoms with Crippen molar-refractivity contribution in [1.82, 2.24) is 30.8 Å². The first-order chi connectivity index (χ1) is 16.2. The van der Waals surface area contributed by atoms with Crippen molar-refractivity contribution < 1.29 is 33.5 Å². The zero-order valence-electron chi connectivity index (χ0n) is 20.8. The number of alkyl carbamates (subject to hydrolysis) is 2. The van der Waals surface area contributed by atoms with Gasteiger partial charge >= 0.3 is 18.2 Å². The van der Waals surface area contributed by atoms with Gasteiger partial charge in [0.25, 0.3) is 0 Å². The Labute approximate surface area is 203 Å². The van der Waals surface area contributed by atoms with Crippen molar-refractivity contribution in [3.63, 3.8) is 0 Å². The van der Waals surface area contributed by atoms with Gasteiger partial charge in [-0.2, -0.15) is 0 Å². The third-order valence-corrected chi connectivity index (χ3v) is 4.95. The van der Waals surface area contributed by atoms with Crippen LogP contribution in [0.5, 0.6) is 0 Å². The smallest absolute Gasteiger partial charge is 0.414 e. The van der Waals surface area contributed by atoms with Crippen LogP contribution in [0.2, 0.25) is 0 Å². The highest BCUT2D eigenvalue weighted by atomic mass is 16.6. The Morgan fingerprint density at radius 1 is 1.09 bits per heavy atom. The lowest BCUT2D eigenvalue weighted by atomic mass is 10.0. The topological polar surface area (TPSA) is 172 Å². The number of rotatable bonds is 4. The number of hydrogen-bond acceptors (Lipinski definition) is 10. The molecule has 3 rings (SSSR count). The number of nitrogens with zero attached hydrogens (tertiary/aromatic N) is 5. The molecule has 14 nitrogen and oxygen atoms in total. The highest BCUT2D eigenvalue weighted by molar-refractivity contribution is 6.01. The number of carbonyl (C=O) groups is 3. The van der Waals surface area contributed by atoms with Gasteiger partial charge in [0.2, 0.25) is 17.7 Å². The highest BCUT2D eigenvalue weighted by Gasteiger charge is 2.46. The van der Waals surface area contributed by atoms with Gasteiger partial charge in [-0.05, 0) is 54.4 Å². The zero-order valence-corrected chi connectivity index (χ0v) is 20.8. The number of aliphatic imine (C=N–C) groups is 1. The molecule has 0 spiro atoms. The van der Waals surface area contributed by atoms with E-state index >= 15 is 0 Å². The number of hydroxylamine groups is 2. The number of carbonyl (C=O) groups excluding carboxylic acids is 3. The Bertz CT molecular complexity index is 947. The standard InChI is InChI=1S/C21H33N7O7/c1-20(2,3)34-17(29)23-16(24-18(30)35-21(4,5)6)22-10-9-14-25-26-15(33-14)13-8-7-12-11-27(13)19(31)28(12)32/h12-13,32H,7-11H2,1-6H3,(H2,22,23,24,29,30)/t12-,13-/m0/s1. The van der Waals surface area contributed by atoms with E-state index in [1.54, 1.807) is 41.5 Å². The number of amides is 4. The van der Waals surface area contributed by atoms with Crippen molar-refractivity contribution in [2.24, 2.45) is 4.99 Å². The van der Waals surface area contributed by atoms with Crippen molar-refractivity contribution in [3.05, 3.63) is 11.8 Å². The van der Waals surface area contributed by atoms with E-state index in [4.69, 9.17) is 13.9 Å². The minimum absolute atomic E-state index is 0.0857. The molecule has 3 N–H and O–H groups in total. The first kappa shape index (κ1) is 26.2. The lowest BCUT2D eigenvalue weighted by Crippen LogP contribution is -2.47. The predicted octanol–water partition coefficient (Wildman–Crippen LogP) is 2.35. The third-order valence-electron chi connectivity index (χ3n) is 4.95. The monoisotopic (exact) mass is 495 g/mol. The van der Waals surface area contributed by atoms with E-state index in [1.165, 1.54) is 4.90 Å². The van der Waals surface area contributed by atoms with Crippen LogP contribution in [0, 0.1) is 0 Å². The summed E-state index contributed by atoms with van der Waals surface area (Å²) in [5, 5.41) is 23.4. The fourth-order valence-electron chi connectivity index (χ4n) is 3.58. The summed E-state index contributed by atoms with van der Waals surface area (Å²) < 4.78 is 16.1. The molecule has 2 aliphatic rings. The van der Waals surface area contributed by atoms with Gasteiger partial charge in [-0.15, -0.1) is 10.2 Å². The van der Waals surface area contributed by atoms with Crippen LogP contribution in [0.15, 0.2) is 9.41 Å². The first-order valence-electron chi connectivity index (χ1n) is 11.4. The van der Waals surface area contributed by atoms with Crippen molar-refractivity contribution in [1.29, 1.82) is 0 Å². The molecule has 0 aromatic carbocycles. The summed E-state index contributed by atoms with van der Waals surface area (Å²) in [5.41, 5.74) is -1.49. The van der Waals surface area contributed by atoms with Crippen molar-refractivity contribution in [3.8, 4) is 0 Å². The van der Waals surface area contributed by atoms with Crippen LogP contribution in [-0.4, -0.2) is 79.9 Å². The maximum Gasteiger partial charge on any atom is 0.414 e. The van der Waals surface area contributed by atoms with Gasteiger partial charge in [-0.25, -0.2) is 19.4 Å². The van der Waals surface area contributed by atoms with E-state index < -0.39 is 35.5 Å². The number of ether oxygens (including phenoxy) is 2. The van der Waals surface area contributed by atoms with E-state index in [9.17, 15) is 19.6 Å². The Balaban J connectivity index is 1.63. The summed E-state index contributed by atoms with van der Waals surface area (Å²) in [6, 6.07) is -1.10. The van der Waals surface area contributed by atoms with E-state index in [2.05, 4.69) is 25.8 Å². The second-order valence-corrected chi connectivity index (χ2v) is 10.3. The van der Waals surface area contributed by atoms with Crippen LogP contribution in [0.25, 0.3) is 0 Å². The first-order valence-corrected chi connectivity index (χ1v) is 11.4. The van der Waals surface area contributed by atoms with Gasteiger partial charge in [0.1, 0.15) is 17.2 Å². The van der Waals surface area contributed by atoms with Crippen LogP contribution in [0.1, 0.15) is 72.2 Å². The minimum Gasteiger partial charge on any atom is -0.444 e. The summed E-state index contributed by atoms with van der Waals surface area (Å²) in [6.45, 7) is 10.7. The van der Waals surface area contributed by atoms with Gasteiger partial charge in [-0.1, -0.05) is 0 Å². The second-order valence-electron chi connectivity index (χ2n) is 10.3. The molecule has 2 fully saturated rings. The Morgan fingerprint density at radius 2 is 1.69 bits per heavy atom. The van der Waals surface area contributed by atoms with Crippen molar-refractivity contribution in [2.45, 2.75) is 84.1 Å². The molecule has 0 unspecified atom stereocenters. The SMILES string of the molecule is CC(C)(C)OC(=O)NC(=NCCc1nnc([C@@H]2CC[C@H]3CN2C(=O)N3O)o1)NC(=O)OC(C)(C)C. The number of hydrogen-bond donors (Lipinski definition) is 3. The van der Waals surface area contributed by atoms with Gasteiger partial charge in [0.15, 0.2) is 0 Å². The van der Waals surface area contributed by atoms with Crippen LogP contribution in [0.4, 0.5) is 14.4 Å². The molecule has 0 aliphatic carbocycles. The lowest BCUT2D eigenvalue weighted by Gasteiger charge is -2.27. The molecule has 4 amide bonds. The Hall–Kier alpha value is -3.42. The fraction of sp³-hybridized carbons (Fsp3) is 0.714. The minimum atomic E-state index is -0.795. The molecule has 3 heterocycles.